The van der Waals surface area contributed by atoms with E-state index in [0.717, 1.165) is 41.9 Å². The fourth-order valence-electron chi connectivity index (χ4n) is 2.79. The summed E-state index contributed by atoms with van der Waals surface area (Å²) in [4.78, 5) is 13.2. The van der Waals surface area contributed by atoms with Crippen molar-refractivity contribution < 1.29 is 4.92 Å². The van der Waals surface area contributed by atoms with Gasteiger partial charge in [-0.25, -0.2) is 0 Å². The highest BCUT2D eigenvalue weighted by atomic mass is 79.9. The molecule has 0 atom stereocenters. The van der Waals surface area contributed by atoms with E-state index in [-0.39, 0.29) is 10.6 Å². The topological polar surface area (TPSA) is 70.4 Å². The summed E-state index contributed by atoms with van der Waals surface area (Å²) in [5, 5.41) is 17.8. The zero-order valence-electron chi connectivity index (χ0n) is 13.2. The maximum absolute atomic E-state index is 11.3. The molecule has 0 aromatic heterocycles. The number of hydrogen-bond acceptors (Lipinski definition) is 5. The molecule has 0 radical (unpaired) electrons. The van der Waals surface area contributed by atoms with Gasteiger partial charge in [0.1, 0.15) is 5.69 Å². The number of hydrogen-bond donors (Lipinski definition) is 2. The summed E-state index contributed by atoms with van der Waals surface area (Å²) in [6.07, 6.45) is 0. The van der Waals surface area contributed by atoms with E-state index in [1.807, 2.05) is 36.4 Å². The highest BCUT2D eigenvalue weighted by Gasteiger charge is 2.17. The Morgan fingerprint density at radius 1 is 1.21 bits per heavy atom. The van der Waals surface area contributed by atoms with Crippen LogP contribution in [0.1, 0.15) is 5.56 Å². The Labute approximate surface area is 149 Å². The van der Waals surface area contributed by atoms with Gasteiger partial charge in [0.2, 0.25) is 0 Å². The first kappa shape index (κ1) is 16.7. The van der Waals surface area contributed by atoms with E-state index in [0.29, 0.717) is 12.2 Å². The van der Waals surface area contributed by atoms with Crippen LogP contribution in [0, 0.1) is 10.1 Å². The Morgan fingerprint density at radius 2 is 2.00 bits per heavy atom. The standard InChI is InChI=1S/C17H19BrN4O2/c18-14-3-1-2-13(10-14)12-20-16-11-15(4-5-17(16)22(23)24)21-8-6-19-7-9-21/h1-5,10-11,19-20H,6-9,12H2. The van der Waals surface area contributed by atoms with Gasteiger partial charge in [-0.05, 0) is 29.8 Å². The Morgan fingerprint density at radius 3 is 2.71 bits per heavy atom. The van der Waals surface area contributed by atoms with E-state index in [1.165, 1.54) is 0 Å². The number of nitrogens with zero attached hydrogens (tertiary/aromatic N) is 2. The van der Waals surface area contributed by atoms with Gasteiger partial charge in [-0.3, -0.25) is 10.1 Å². The van der Waals surface area contributed by atoms with Crippen LogP contribution >= 0.6 is 15.9 Å². The lowest BCUT2D eigenvalue weighted by Gasteiger charge is -2.29. The largest absolute Gasteiger partial charge is 0.375 e. The van der Waals surface area contributed by atoms with Crippen molar-refractivity contribution in [1.82, 2.24) is 5.32 Å². The minimum absolute atomic E-state index is 0.101. The molecule has 1 aliphatic heterocycles. The van der Waals surface area contributed by atoms with Crippen LogP contribution in [0.2, 0.25) is 0 Å². The van der Waals surface area contributed by atoms with Gasteiger partial charge in [-0.1, -0.05) is 28.1 Å². The van der Waals surface area contributed by atoms with Gasteiger partial charge in [0.25, 0.3) is 5.69 Å². The smallest absolute Gasteiger partial charge is 0.292 e. The van der Waals surface area contributed by atoms with Crippen LogP contribution in [0.4, 0.5) is 17.1 Å². The molecule has 2 aromatic rings. The quantitative estimate of drug-likeness (QED) is 0.604. The zero-order valence-corrected chi connectivity index (χ0v) is 14.8. The average Bonchev–Trinajstić information content (AvgIpc) is 2.60. The summed E-state index contributed by atoms with van der Waals surface area (Å²) in [6, 6.07) is 13.2. The highest BCUT2D eigenvalue weighted by molar-refractivity contribution is 9.10. The number of nitro groups is 1. The van der Waals surface area contributed by atoms with Crippen molar-refractivity contribution in [3.8, 4) is 0 Å². The minimum Gasteiger partial charge on any atom is -0.375 e. The number of halogens is 1. The normalized spacial score (nSPS) is 14.5. The van der Waals surface area contributed by atoms with Gasteiger partial charge >= 0.3 is 0 Å². The molecule has 6 nitrogen and oxygen atoms in total. The number of piperazine rings is 1. The molecule has 0 spiro atoms. The third-order valence-corrected chi connectivity index (χ3v) is 4.52. The second kappa shape index (κ2) is 7.63. The van der Waals surface area contributed by atoms with Gasteiger partial charge < -0.3 is 15.5 Å². The minimum atomic E-state index is -0.342. The van der Waals surface area contributed by atoms with Crippen molar-refractivity contribution in [2.45, 2.75) is 6.54 Å². The lowest BCUT2D eigenvalue weighted by Crippen LogP contribution is -2.43. The van der Waals surface area contributed by atoms with E-state index in [2.05, 4.69) is 31.5 Å². The van der Waals surface area contributed by atoms with Gasteiger partial charge in [0.05, 0.1) is 4.92 Å². The first-order valence-electron chi connectivity index (χ1n) is 7.86. The molecule has 2 N–H and O–H groups in total. The van der Waals surface area contributed by atoms with Gasteiger partial charge in [-0.15, -0.1) is 0 Å². The number of benzene rings is 2. The Hall–Kier alpha value is -2.12. The van der Waals surface area contributed by atoms with Crippen molar-refractivity contribution in [2.75, 3.05) is 36.4 Å². The lowest BCUT2D eigenvalue weighted by molar-refractivity contribution is -0.384. The predicted molar refractivity (Wildman–Crippen MR) is 99.6 cm³/mol. The molecular weight excluding hydrogens is 372 g/mol. The molecule has 2 aromatic carbocycles. The van der Waals surface area contributed by atoms with E-state index in [9.17, 15) is 10.1 Å². The predicted octanol–water partition coefficient (Wildman–Crippen LogP) is 3.38. The summed E-state index contributed by atoms with van der Waals surface area (Å²) in [5.74, 6) is 0. The summed E-state index contributed by atoms with van der Waals surface area (Å²) < 4.78 is 0.992. The maximum Gasteiger partial charge on any atom is 0.292 e. The van der Waals surface area contributed by atoms with Gasteiger partial charge in [-0.2, -0.15) is 0 Å². The van der Waals surface area contributed by atoms with Crippen molar-refractivity contribution >= 4 is 33.0 Å². The fourth-order valence-corrected chi connectivity index (χ4v) is 3.24. The van der Waals surface area contributed by atoms with E-state index >= 15 is 0 Å². The molecule has 0 amide bonds. The molecule has 126 valence electrons. The molecule has 24 heavy (non-hydrogen) atoms. The second-order valence-electron chi connectivity index (χ2n) is 5.68. The Balaban J connectivity index is 1.81. The van der Waals surface area contributed by atoms with Crippen LogP contribution < -0.4 is 15.5 Å². The summed E-state index contributed by atoms with van der Waals surface area (Å²) in [6.45, 7) is 4.20. The number of nitrogens with one attached hydrogen (secondary N) is 2. The first-order valence-corrected chi connectivity index (χ1v) is 8.65. The fraction of sp³-hybridized carbons (Fsp3) is 0.294. The number of rotatable bonds is 5. The van der Waals surface area contributed by atoms with Crippen molar-refractivity contribution in [2.24, 2.45) is 0 Å². The van der Waals surface area contributed by atoms with Crippen LogP contribution in [0.15, 0.2) is 46.9 Å². The van der Waals surface area contributed by atoms with Crippen molar-refractivity contribution in [3.63, 3.8) is 0 Å². The van der Waals surface area contributed by atoms with Gasteiger partial charge in [0, 0.05) is 49.0 Å². The number of anilines is 2. The summed E-state index contributed by atoms with van der Waals surface area (Å²) in [5.41, 5.74) is 2.73. The van der Waals surface area contributed by atoms with Crippen LogP contribution in [0.25, 0.3) is 0 Å². The average molecular weight is 391 g/mol. The van der Waals surface area contributed by atoms with Crippen LogP contribution in [0.3, 0.4) is 0 Å². The molecule has 7 heteroatoms. The van der Waals surface area contributed by atoms with Gasteiger partial charge in [0.15, 0.2) is 0 Å². The van der Waals surface area contributed by atoms with Crippen LogP contribution in [-0.2, 0) is 6.54 Å². The SMILES string of the molecule is O=[N+]([O-])c1ccc(N2CCNCC2)cc1NCc1cccc(Br)c1. The highest BCUT2D eigenvalue weighted by Crippen LogP contribution is 2.30. The monoisotopic (exact) mass is 390 g/mol. The lowest BCUT2D eigenvalue weighted by atomic mass is 10.2. The second-order valence-corrected chi connectivity index (χ2v) is 6.59. The Bertz CT molecular complexity index is 732. The molecule has 1 aliphatic rings. The van der Waals surface area contributed by atoms with Crippen molar-refractivity contribution in [3.05, 3.63) is 62.6 Å². The summed E-state index contributed by atoms with van der Waals surface area (Å²) >= 11 is 3.44. The molecule has 0 bridgehead atoms. The molecule has 0 unspecified atom stereocenters. The molecular formula is C17H19BrN4O2. The summed E-state index contributed by atoms with van der Waals surface area (Å²) in [7, 11) is 0. The molecule has 0 aliphatic carbocycles. The van der Waals surface area contributed by atoms with E-state index < -0.39 is 0 Å². The Kier molecular flexibility index (Phi) is 5.32. The maximum atomic E-state index is 11.3. The molecule has 1 fully saturated rings. The van der Waals surface area contributed by atoms with Crippen LogP contribution in [0.5, 0.6) is 0 Å². The van der Waals surface area contributed by atoms with Crippen LogP contribution in [-0.4, -0.2) is 31.1 Å². The number of nitro benzene ring substituents is 1. The third-order valence-electron chi connectivity index (χ3n) is 4.03. The molecule has 1 saturated heterocycles. The molecule has 1 heterocycles. The van der Waals surface area contributed by atoms with E-state index in [4.69, 9.17) is 0 Å². The molecule has 3 rings (SSSR count). The van der Waals surface area contributed by atoms with Crippen molar-refractivity contribution in [1.29, 1.82) is 0 Å². The first-order chi connectivity index (χ1) is 11.6. The van der Waals surface area contributed by atoms with E-state index in [1.54, 1.807) is 6.07 Å². The third kappa shape index (κ3) is 4.04. The molecule has 0 saturated carbocycles. The zero-order chi connectivity index (χ0) is 16.9.